The molecule has 1 heterocycles. The monoisotopic (exact) mass is 355 g/mol. The molecule has 0 spiro atoms. The molecule has 0 atom stereocenters. The van der Waals surface area contributed by atoms with Crippen LogP contribution < -0.4 is 16.1 Å². The Kier molecular flexibility index (Phi) is 4.35. The molecule has 2 aromatic rings. The molecule has 0 saturated heterocycles. The molecule has 0 aliphatic heterocycles. The maximum atomic E-state index is 14.3. The van der Waals surface area contributed by atoms with Gasteiger partial charge < -0.3 is 0 Å². The van der Waals surface area contributed by atoms with Crippen molar-refractivity contribution in [3.05, 3.63) is 44.5 Å². The number of sulfonamides is 1. The Labute approximate surface area is 136 Å². The number of benzene rings is 1. The first-order chi connectivity index (χ1) is 11.1. The van der Waals surface area contributed by atoms with E-state index in [4.69, 9.17) is 5.26 Å². The summed E-state index contributed by atoms with van der Waals surface area (Å²) in [5.41, 5.74) is -2.27. The van der Waals surface area contributed by atoms with Crippen molar-refractivity contribution in [1.82, 2.24) is 13.9 Å². The van der Waals surface area contributed by atoms with Crippen LogP contribution in [0.4, 0.5) is 10.1 Å². The molecule has 0 radical (unpaired) electrons. The zero-order chi connectivity index (χ0) is 18.2. The van der Waals surface area contributed by atoms with Gasteiger partial charge in [-0.1, -0.05) is 0 Å². The maximum Gasteiger partial charge on any atom is 0.351 e. The van der Waals surface area contributed by atoms with Crippen molar-refractivity contribution in [3.63, 3.8) is 0 Å². The lowest BCUT2D eigenvalue weighted by atomic mass is 10.1. The van der Waals surface area contributed by atoms with Gasteiger partial charge in [0.15, 0.2) is 0 Å². The summed E-state index contributed by atoms with van der Waals surface area (Å²) in [6.45, 7) is 1.39. The average Bonchev–Trinajstić information content (AvgIpc) is 2.72. The van der Waals surface area contributed by atoms with Crippen molar-refractivity contribution < 1.29 is 12.8 Å². The van der Waals surface area contributed by atoms with Crippen molar-refractivity contribution in [2.75, 3.05) is 10.5 Å². The van der Waals surface area contributed by atoms with Gasteiger partial charge in [0.25, 0.3) is 0 Å². The number of aromatic nitrogens is 3. The van der Waals surface area contributed by atoms with Gasteiger partial charge in [-0.2, -0.15) is 9.94 Å². The van der Waals surface area contributed by atoms with Gasteiger partial charge in [-0.15, -0.1) is 0 Å². The summed E-state index contributed by atoms with van der Waals surface area (Å²) in [6, 6.07) is 3.48. The predicted molar refractivity (Wildman–Crippen MR) is 84.0 cm³/mol. The maximum absolute atomic E-state index is 14.3. The minimum absolute atomic E-state index is 0.182. The molecule has 2 rings (SSSR count). The van der Waals surface area contributed by atoms with Crippen LogP contribution in [0.15, 0.2) is 21.7 Å². The molecule has 1 aromatic heterocycles. The lowest BCUT2D eigenvalue weighted by molar-refractivity contribution is 0.568. The Morgan fingerprint density at radius 2 is 1.88 bits per heavy atom. The predicted octanol–water partition coefficient (Wildman–Crippen LogP) is -0.353. The zero-order valence-electron chi connectivity index (χ0n) is 13.1. The summed E-state index contributed by atoms with van der Waals surface area (Å²) in [5, 5.41) is 9.05. The number of halogens is 1. The number of hydrogen-bond donors (Lipinski definition) is 1. The molecule has 9 nitrogen and oxygen atoms in total. The molecule has 128 valence electrons. The highest BCUT2D eigenvalue weighted by Gasteiger charge is 2.19. The molecule has 24 heavy (non-hydrogen) atoms. The van der Waals surface area contributed by atoms with Crippen molar-refractivity contribution in [3.8, 4) is 11.8 Å². The number of nitriles is 1. The van der Waals surface area contributed by atoms with Gasteiger partial charge in [-0.25, -0.2) is 31.6 Å². The third-order valence-electron chi connectivity index (χ3n) is 3.41. The second-order valence-corrected chi connectivity index (χ2v) is 6.94. The molecule has 0 unspecified atom stereocenters. The highest BCUT2D eigenvalue weighted by Crippen LogP contribution is 2.23. The SMILES string of the molecule is CCS(=O)(=O)Nc1cc(-n2c(=O)n(C)c(=O)n2C)c(F)cc1C#N. The molecule has 1 aromatic carbocycles. The van der Waals surface area contributed by atoms with E-state index in [1.54, 1.807) is 6.07 Å². The van der Waals surface area contributed by atoms with E-state index in [2.05, 4.69) is 4.72 Å². The molecular formula is C13H14FN5O4S. The van der Waals surface area contributed by atoms with Gasteiger partial charge in [0.05, 0.1) is 17.0 Å². The number of anilines is 1. The summed E-state index contributed by atoms with van der Waals surface area (Å²) in [7, 11) is -1.24. The van der Waals surface area contributed by atoms with Crippen LogP contribution in [-0.4, -0.2) is 28.1 Å². The van der Waals surface area contributed by atoms with Crippen LogP contribution in [0.2, 0.25) is 0 Å². The van der Waals surface area contributed by atoms with E-state index >= 15 is 0 Å². The smallest absolute Gasteiger partial charge is 0.282 e. The number of rotatable bonds is 4. The summed E-state index contributed by atoms with van der Waals surface area (Å²) < 4.78 is 42.3. The van der Waals surface area contributed by atoms with Crippen LogP contribution in [0.25, 0.3) is 5.69 Å². The second kappa shape index (κ2) is 5.97. The molecule has 0 aliphatic rings. The van der Waals surface area contributed by atoms with Gasteiger partial charge in [-0.05, 0) is 19.1 Å². The minimum atomic E-state index is -3.72. The van der Waals surface area contributed by atoms with Gasteiger partial charge in [0.1, 0.15) is 17.6 Å². The fraction of sp³-hybridized carbons (Fsp3) is 0.308. The highest BCUT2D eigenvalue weighted by molar-refractivity contribution is 7.92. The third kappa shape index (κ3) is 2.83. The molecule has 0 aliphatic carbocycles. The average molecular weight is 355 g/mol. The highest BCUT2D eigenvalue weighted by atomic mass is 32.2. The number of hydrogen-bond acceptors (Lipinski definition) is 5. The van der Waals surface area contributed by atoms with Gasteiger partial charge in [0.2, 0.25) is 10.0 Å². The molecule has 1 N–H and O–H groups in total. The van der Waals surface area contributed by atoms with Gasteiger partial charge in [0, 0.05) is 14.1 Å². The molecule has 0 saturated carbocycles. The first kappa shape index (κ1) is 17.5. The topological polar surface area (TPSA) is 119 Å². The van der Waals surface area contributed by atoms with Gasteiger partial charge in [-0.3, -0.25) is 4.72 Å². The standard InChI is InChI=1S/C13H14FN5O4S/c1-4-24(22,23)16-10-6-11(9(14)5-8(10)7-15)19-13(21)17(2)12(20)18(19)3/h5-6,16H,4H2,1-3H3. The fourth-order valence-corrected chi connectivity index (χ4v) is 2.71. The summed E-state index contributed by atoms with van der Waals surface area (Å²) in [4.78, 5) is 23.9. The lowest BCUT2D eigenvalue weighted by Gasteiger charge is -2.12. The van der Waals surface area contributed by atoms with Crippen molar-refractivity contribution in [2.45, 2.75) is 6.92 Å². The van der Waals surface area contributed by atoms with E-state index in [0.29, 0.717) is 0 Å². The third-order valence-corrected chi connectivity index (χ3v) is 4.70. The Bertz CT molecular complexity index is 1070. The lowest BCUT2D eigenvalue weighted by Crippen LogP contribution is -2.25. The molecule has 11 heteroatoms. The Morgan fingerprint density at radius 3 is 2.33 bits per heavy atom. The van der Waals surface area contributed by atoms with Crippen LogP contribution in [0, 0.1) is 17.1 Å². The van der Waals surface area contributed by atoms with Crippen molar-refractivity contribution in [2.24, 2.45) is 14.1 Å². The summed E-state index contributed by atoms with van der Waals surface area (Å²) in [5.74, 6) is -1.21. The van der Waals surface area contributed by atoms with E-state index in [9.17, 15) is 22.4 Å². The Balaban J connectivity index is 2.79. The normalized spacial score (nSPS) is 11.3. The first-order valence-electron chi connectivity index (χ1n) is 6.72. The van der Waals surface area contributed by atoms with Crippen LogP contribution in [-0.2, 0) is 24.1 Å². The zero-order valence-corrected chi connectivity index (χ0v) is 13.9. The summed E-state index contributed by atoms with van der Waals surface area (Å²) in [6.07, 6.45) is 0. The first-order valence-corrected chi connectivity index (χ1v) is 8.37. The van der Waals surface area contributed by atoms with E-state index < -0.39 is 27.2 Å². The fourth-order valence-electron chi connectivity index (χ4n) is 2.06. The number of nitrogens with one attached hydrogen (secondary N) is 1. The van der Waals surface area contributed by atoms with Crippen LogP contribution >= 0.6 is 0 Å². The quantitative estimate of drug-likeness (QED) is 0.804. The summed E-state index contributed by atoms with van der Waals surface area (Å²) >= 11 is 0. The van der Waals surface area contributed by atoms with E-state index in [1.165, 1.54) is 21.0 Å². The second-order valence-electron chi connectivity index (χ2n) is 4.93. The van der Waals surface area contributed by atoms with E-state index in [0.717, 1.165) is 26.1 Å². The van der Waals surface area contributed by atoms with E-state index in [1.807, 2.05) is 0 Å². The Morgan fingerprint density at radius 1 is 1.25 bits per heavy atom. The van der Waals surface area contributed by atoms with Crippen LogP contribution in [0.3, 0.4) is 0 Å². The largest absolute Gasteiger partial charge is 0.351 e. The number of nitrogens with zero attached hydrogens (tertiary/aromatic N) is 4. The van der Waals surface area contributed by atoms with Crippen LogP contribution in [0.5, 0.6) is 0 Å². The molecular weight excluding hydrogens is 341 g/mol. The van der Waals surface area contributed by atoms with Gasteiger partial charge >= 0.3 is 11.4 Å². The Hall–Kier alpha value is -2.87. The molecule has 0 amide bonds. The van der Waals surface area contributed by atoms with Crippen molar-refractivity contribution in [1.29, 1.82) is 5.26 Å². The van der Waals surface area contributed by atoms with Crippen LogP contribution in [0.1, 0.15) is 12.5 Å². The molecule has 0 bridgehead atoms. The minimum Gasteiger partial charge on any atom is -0.282 e. The van der Waals surface area contributed by atoms with Crippen molar-refractivity contribution >= 4 is 15.7 Å². The van der Waals surface area contributed by atoms with E-state index in [-0.39, 0.29) is 22.7 Å². The molecule has 0 fully saturated rings.